The van der Waals surface area contributed by atoms with Crippen LogP contribution in [-0.2, 0) is 9.57 Å². The molecule has 0 aliphatic heterocycles. The molecule has 15 heavy (non-hydrogen) atoms. The molecule has 0 saturated heterocycles. The highest BCUT2D eigenvalue weighted by Gasteiger charge is 2.24. The Hall–Kier alpha value is -0.770. The fourth-order valence-corrected chi connectivity index (χ4v) is 1.59. The Morgan fingerprint density at radius 1 is 1.27 bits per heavy atom. The summed E-state index contributed by atoms with van der Waals surface area (Å²) >= 11 is 0. The Morgan fingerprint density at radius 2 is 1.80 bits per heavy atom. The number of carbonyl (C=O) groups is 1. The van der Waals surface area contributed by atoms with E-state index in [1.807, 2.05) is 20.8 Å². The van der Waals surface area contributed by atoms with E-state index in [0.717, 1.165) is 12.8 Å². The van der Waals surface area contributed by atoms with Gasteiger partial charge < -0.3 is 4.74 Å². The number of hydroxylamine groups is 2. The number of hydrogen-bond donors (Lipinski definition) is 0. The first-order valence-electron chi connectivity index (χ1n) is 5.52. The highest BCUT2D eigenvalue weighted by molar-refractivity contribution is 5.66. The number of rotatable bonds is 2. The van der Waals surface area contributed by atoms with Gasteiger partial charge in [0.1, 0.15) is 5.60 Å². The Morgan fingerprint density at radius 3 is 2.27 bits per heavy atom. The van der Waals surface area contributed by atoms with Crippen molar-refractivity contribution in [2.75, 3.05) is 7.05 Å². The Bertz CT molecular complexity index is 216. The van der Waals surface area contributed by atoms with Crippen LogP contribution < -0.4 is 0 Å². The van der Waals surface area contributed by atoms with E-state index < -0.39 is 11.7 Å². The zero-order chi connectivity index (χ0) is 11.5. The summed E-state index contributed by atoms with van der Waals surface area (Å²) in [6, 6.07) is 0. The molecule has 0 aromatic heterocycles. The number of amides is 1. The molecule has 1 saturated carbocycles. The molecule has 4 heteroatoms. The van der Waals surface area contributed by atoms with Crippen LogP contribution in [0, 0.1) is 0 Å². The predicted octanol–water partition coefficient (Wildman–Crippen LogP) is 2.73. The van der Waals surface area contributed by atoms with Crippen molar-refractivity contribution in [1.82, 2.24) is 5.06 Å². The van der Waals surface area contributed by atoms with Crippen LogP contribution in [0.3, 0.4) is 0 Å². The fourth-order valence-electron chi connectivity index (χ4n) is 1.59. The highest BCUT2D eigenvalue weighted by Crippen LogP contribution is 2.22. The second kappa shape index (κ2) is 4.84. The first-order valence-corrected chi connectivity index (χ1v) is 5.52. The van der Waals surface area contributed by atoms with Crippen LogP contribution in [-0.4, -0.2) is 29.9 Å². The lowest BCUT2D eigenvalue weighted by molar-refractivity contribution is -0.165. The maximum absolute atomic E-state index is 11.5. The van der Waals surface area contributed by atoms with Crippen LogP contribution in [0.4, 0.5) is 4.79 Å². The van der Waals surface area contributed by atoms with E-state index in [0.29, 0.717) is 0 Å². The lowest BCUT2D eigenvalue weighted by Gasteiger charge is -2.25. The van der Waals surface area contributed by atoms with Gasteiger partial charge in [0.15, 0.2) is 0 Å². The van der Waals surface area contributed by atoms with Crippen molar-refractivity contribution in [2.24, 2.45) is 0 Å². The van der Waals surface area contributed by atoms with Crippen LogP contribution in [0.25, 0.3) is 0 Å². The summed E-state index contributed by atoms with van der Waals surface area (Å²) in [5.41, 5.74) is -0.468. The monoisotopic (exact) mass is 215 g/mol. The number of nitrogens with zero attached hydrogens (tertiary/aromatic N) is 1. The van der Waals surface area contributed by atoms with E-state index in [1.165, 1.54) is 17.9 Å². The van der Waals surface area contributed by atoms with Gasteiger partial charge in [0.25, 0.3) is 0 Å². The highest BCUT2D eigenvalue weighted by atomic mass is 16.7. The average Bonchev–Trinajstić information content (AvgIpc) is 2.53. The van der Waals surface area contributed by atoms with Crippen molar-refractivity contribution in [3.63, 3.8) is 0 Å². The Balaban J connectivity index is 2.32. The van der Waals surface area contributed by atoms with Gasteiger partial charge in [-0.05, 0) is 33.6 Å². The summed E-state index contributed by atoms with van der Waals surface area (Å²) < 4.78 is 5.17. The molecule has 0 aromatic rings. The summed E-state index contributed by atoms with van der Waals surface area (Å²) in [7, 11) is 1.60. The average molecular weight is 215 g/mol. The molecule has 1 aliphatic carbocycles. The first-order chi connectivity index (χ1) is 6.88. The van der Waals surface area contributed by atoms with Crippen molar-refractivity contribution >= 4 is 6.09 Å². The molecule has 0 bridgehead atoms. The first kappa shape index (κ1) is 12.3. The van der Waals surface area contributed by atoms with E-state index in [9.17, 15) is 4.79 Å². The van der Waals surface area contributed by atoms with Crippen molar-refractivity contribution in [3.8, 4) is 0 Å². The fraction of sp³-hybridized carbons (Fsp3) is 0.909. The number of carbonyl (C=O) groups excluding carboxylic acids is 1. The molecular weight excluding hydrogens is 194 g/mol. The van der Waals surface area contributed by atoms with Crippen LogP contribution >= 0.6 is 0 Å². The minimum absolute atomic E-state index is 0.183. The second-order valence-electron chi connectivity index (χ2n) is 4.99. The normalized spacial score (nSPS) is 17.9. The number of ether oxygens (including phenoxy) is 1. The van der Waals surface area contributed by atoms with Gasteiger partial charge in [-0.15, -0.1) is 0 Å². The molecule has 0 heterocycles. The zero-order valence-corrected chi connectivity index (χ0v) is 10.1. The molecule has 0 spiro atoms. The van der Waals surface area contributed by atoms with Gasteiger partial charge in [-0.25, -0.2) is 4.79 Å². The third kappa shape index (κ3) is 4.51. The third-order valence-corrected chi connectivity index (χ3v) is 2.26. The van der Waals surface area contributed by atoms with Gasteiger partial charge in [0, 0.05) is 7.05 Å². The lowest BCUT2D eigenvalue weighted by Crippen LogP contribution is -2.36. The van der Waals surface area contributed by atoms with Crippen molar-refractivity contribution in [2.45, 2.75) is 58.2 Å². The van der Waals surface area contributed by atoms with Crippen molar-refractivity contribution < 1.29 is 14.4 Å². The summed E-state index contributed by atoms with van der Waals surface area (Å²) in [5, 5.41) is 1.21. The van der Waals surface area contributed by atoms with E-state index in [2.05, 4.69) is 0 Å². The van der Waals surface area contributed by atoms with Crippen LogP contribution in [0.1, 0.15) is 46.5 Å². The maximum atomic E-state index is 11.5. The molecule has 4 nitrogen and oxygen atoms in total. The molecular formula is C11H21NO3. The molecule has 1 fully saturated rings. The molecule has 0 radical (unpaired) electrons. The van der Waals surface area contributed by atoms with E-state index in [1.54, 1.807) is 7.05 Å². The molecule has 1 aliphatic rings. The van der Waals surface area contributed by atoms with Gasteiger partial charge in [-0.1, -0.05) is 12.8 Å². The van der Waals surface area contributed by atoms with E-state index in [-0.39, 0.29) is 6.10 Å². The lowest BCUT2D eigenvalue weighted by atomic mass is 10.2. The molecule has 0 N–H and O–H groups in total. The molecule has 0 aromatic carbocycles. The third-order valence-electron chi connectivity index (χ3n) is 2.26. The smallest absolute Gasteiger partial charge is 0.434 e. The summed E-state index contributed by atoms with van der Waals surface area (Å²) in [4.78, 5) is 17.0. The molecule has 0 unspecified atom stereocenters. The molecule has 88 valence electrons. The minimum Gasteiger partial charge on any atom is -0.442 e. The van der Waals surface area contributed by atoms with Gasteiger partial charge >= 0.3 is 6.09 Å². The summed E-state index contributed by atoms with van der Waals surface area (Å²) in [6.45, 7) is 5.52. The number of hydrogen-bond acceptors (Lipinski definition) is 3. The van der Waals surface area contributed by atoms with Gasteiger partial charge in [-0.3, -0.25) is 4.84 Å². The minimum atomic E-state index is -0.468. The predicted molar refractivity (Wildman–Crippen MR) is 57.3 cm³/mol. The standard InChI is InChI=1S/C11H21NO3/c1-11(2,3)14-10(13)12(4)15-9-7-5-6-8-9/h9H,5-8H2,1-4H3. The molecule has 1 amide bonds. The Kier molecular flexibility index (Phi) is 3.97. The topological polar surface area (TPSA) is 38.8 Å². The quantitative estimate of drug-likeness (QED) is 0.665. The molecule has 1 rings (SSSR count). The van der Waals surface area contributed by atoms with Crippen molar-refractivity contribution in [1.29, 1.82) is 0 Å². The zero-order valence-electron chi connectivity index (χ0n) is 10.1. The van der Waals surface area contributed by atoms with Gasteiger partial charge in [-0.2, -0.15) is 5.06 Å². The van der Waals surface area contributed by atoms with Gasteiger partial charge in [0.05, 0.1) is 6.10 Å². The van der Waals surface area contributed by atoms with Gasteiger partial charge in [0.2, 0.25) is 0 Å². The van der Waals surface area contributed by atoms with E-state index in [4.69, 9.17) is 9.57 Å². The SMILES string of the molecule is CN(OC1CCCC1)C(=O)OC(C)(C)C. The summed E-state index contributed by atoms with van der Waals surface area (Å²) in [6.07, 6.45) is 4.21. The summed E-state index contributed by atoms with van der Waals surface area (Å²) in [5.74, 6) is 0. The van der Waals surface area contributed by atoms with Crippen LogP contribution in [0.2, 0.25) is 0 Å². The molecule has 0 atom stereocenters. The second-order valence-corrected chi connectivity index (χ2v) is 4.99. The Labute approximate surface area is 91.5 Å². The van der Waals surface area contributed by atoms with Crippen LogP contribution in [0.5, 0.6) is 0 Å². The van der Waals surface area contributed by atoms with E-state index >= 15 is 0 Å². The largest absolute Gasteiger partial charge is 0.442 e. The van der Waals surface area contributed by atoms with Crippen LogP contribution in [0.15, 0.2) is 0 Å². The maximum Gasteiger partial charge on any atom is 0.434 e. The van der Waals surface area contributed by atoms with Crippen molar-refractivity contribution in [3.05, 3.63) is 0 Å².